The summed E-state index contributed by atoms with van der Waals surface area (Å²) in [4.78, 5) is 28.7. The van der Waals surface area contributed by atoms with E-state index in [4.69, 9.17) is 9.26 Å². The van der Waals surface area contributed by atoms with Crippen LogP contribution >= 0.6 is 0 Å². The van der Waals surface area contributed by atoms with Crippen molar-refractivity contribution in [1.82, 2.24) is 19.9 Å². The average molecular weight is 357 g/mol. The molecule has 3 rings (SSSR count). The van der Waals surface area contributed by atoms with Crippen LogP contribution in [0.1, 0.15) is 42.9 Å². The normalized spacial score (nSPS) is 12.3. The van der Waals surface area contributed by atoms with Crippen LogP contribution < -0.4 is 5.32 Å². The van der Waals surface area contributed by atoms with Gasteiger partial charge in [-0.1, -0.05) is 5.16 Å². The molecule has 0 aliphatic rings. The minimum atomic E-state index is -1.01. The SMILES string of the molecule is Cc1cc(NC(=O)C(C)OC(=O)c2cnc3c(cnn3C(C)C)c2)no1. The first-order chi connectivity index (χ1) is 12.3. The van der Waals surface area contributed by atoms with Crippen LogP contribution in [0.15, 0.2) is 29.0 Å². The second-order valence-electron chi connectivity index (χ2n) is 6.18. The molecule has 0 aromatic carbocycles. The van der Waals surface area contributed by atoms with E-state index in [0.717, 1.165) is 5.39 Å². The van der Waals surface area contributed by atoms with Crippen LogP contribution in [0.2, 0.25) is 0 Å². The van der Waals surface area contributed by atoms with Crippen LogP contribution in [-0.2, 0) is 9.53 Å². The molecular formula is C17H19N5O4. The van der Waals surface area contributed by atoms with Crippen LogP contribution in [0.5, 0.6) is 0 Å². The maximum absolute atomic E-state index is 12.3. The Morgan fingerprint density at radius 3 is 2.65 bits per heavy atom. The van der Waals surface area contributed by atoms with Crippen molar-refractivity contribution in [3.63, 3.8) is 0 Å². The number of amides is 1. The Kier molecular flexibility index (Phi) is 4.70. The molecule has 3 aromatic rings. The quantitative estimate of drug-likeness (QED) is 0.698. The van der Waals surface area contributed by atoms with Gasteiger partial charge in [-0.15, -0.1) is 0 Å². The number of carbonyl (C=O) groups excluding carboxylic acids is 2. The number of pyridine rings is 1. The third-order valence-electron chi connectivity index (χ3n) is 3.69. The monoisotopic (exact) mass is 357 g/mol. The Labute approximate surface area is 149 Å². The van der Waals surface area contributed by atoms with Crippen LogP contribution in [0.3, 0.4) is 0 Å². The molecule has 1 atom stereocenters. The molecule has 3 aromatic heterocycles. The summed E-state index contributed by atoms with van der Waals surface area (Å²) in [7, 11) is 0. The number of fused-ring (bicyclic) bond motifs is 1. The number of nitrogens with zero attached hydrogens (tertiary/aromatic N) is 4. The summed E-state index contributed by atoms with van der Waals surface area (Å²) < 4.78 is 11.8. The fourth-order valence-corrected chi connectivity index (χ4v) is 2.36. The van der Waals surface area contributed by atoms with Crippen LogP contribution in [-0.4, -0.2) is 37.9 Å². The summed E-state index contributed by atoms with van der Waals surface area (Å²) in [6.07, 6.45) is 2.05. The summed E-state index contributed by atoms with van der Waals surface area (Å²) in [6.45, 7) is 7.17. The molecule has 0 aliphatic carbocycles. The zero-order valence-electron chi connectivity index (χ0n) is 14.9. The number of nitrogens with one attached hydrogen (secondary N) is 1. The van der Waals surface area contributed by atoms with Gasteiger partial charge in [-0.3, -0.25) is 4.79 Å². The Bertz CT molecular complexity index is 959. The molecule has 9 heteroatoms. The molecule has 3 heterocycles. The van der Waals surface area contributed by atoms with Crippen molar-refractivity contribution in [2.75, 3.05) is 5.32 Å². The second kappa shape index (κ2) is 6.95. The van der Waals surface area contributed by atoms with E-state index in [9.17, 15) is 9.59 Å². The van der Waals surface area contributed by atoms with Crippen molar-refractivity contribution in [3.05, 3.63) is 35.9 Å². The van der Waals surface area contributed by atoms with Gasteiger partial charge in [0.05, 0.1) is 11.8 Å². The highest BCUT2D eigenvalue weighted by atomic mass is 16.5. The number of ether oxygens (including phenoxy) is 1. The van der Waals surface area contributed by atoms with E-state index in [1.54, 1.807) is 29.9 Å². The van der Waals surface area contributed by atoms with Gasteiger partial charge >= 0.3 is 5.97 Å². The number of esters is 1. The van der Waals surface area contributed by atoms with Gasteiger partial charge < -0.3 is 14.6 Å². The second-order valence-corrected chi connectivity index (χ2v) is 6.18. The van der Waals surface area contributed by atoms with Gasteiger partial charge in [0.15, 0.2) is 17.6 Å². The topological polar surface area (TPSA) is 112 Å². The van der Waals surface area contributed by atoms with E-state index in [0.29, 0.717) is 11.4 Å². The summed E-state index contributed by atoms with van der Waals surface area (Å²) in [5.41, 5.74) is 0.932. The van der Waals surface area contributed by atoms with Crippen molar-refractivity contribution >= 4 is 28.7 Å². The molecule has 9 nitrogen and oxygen atoms in total. The average Bonchev–Trinajstić information content (AvgIpc) is 3.19. The van der Waals surface area contributed by atoms with Crippen LogP contribution in [0.4, 0.5) is 5.82 Å². The van der Waals surface area contributed by atoms with Gasteiger partial charge in [0, 0.05) is 23.7 Å². The molecule has 26 heavy (non-hydrogen) atoms. The summed E-state index contributed by atoms with van der Waals surface area (Å²) in [5, 5.41) is 11.2. The molecule has 0 aliphatic heterocycles. The Morgan fingerprint density at radius 2 is 2.00 bits per heavy atom. The molecule has 0 saturated carbocycles. The van der Waals surface area contributed by atoms with E-state index in [-0.39, 0.29) is 17.4 Å². The Morgan fingerprint density at radius 1 is 1.23 bits per heavy atom. The van der Waals surface area contributed by atoms with Gasteiger partial charge in [-0.25, -0.2) is 14.5 Å². The van der Waals surface area contributed by atoms with Crippen molar-refractivity contribution < 1.29 is 18.8 Å². The number of hydrogen-bond acceptors (Lipinski definition) is 7. The van der Waals surface area contributed by atoms with Gasteiger partial charge in [-0.2, -0.15) is 5.10 Å². The third kappa shape index (κ3) is 3.56. The molecule has 0 saturated heterocycles. The Hall–Kier alpha value is -3.23. The van der Waals surface area contributed by atoms with Crippen LogP contribution in [0.25, 0.3) is 11.0 Å². The minimum absolute atomic E-state index is 0.154. The van der Waals surface area contributed by atoms with E-state index < -0.39 is 18.0 Å². The van der Waals surface area contributed by atoms with E-state index in [1.165, 1.54) is 13.1 Å². The number of aryl methyl sites for hydroxylation is 1. The van der Waals surface area contributed by atoms with Gasteiger partial charge in [0.1, 0.15) is 5.76 Å². The lowest BCUT2D eigenvalue weighted by atomic mass is 10.2. The molecule has 0 radical (unpaired) electrons. The molecule has 136 valence electrons. The molecule has 0 spiro atoms. The largest absolute Gasteiger partial charge is 0.449 e. The molecule has 0 fully saturated rings. The van der Waals surface area contributed by atoms with E-state index in [2.05, 4.69) is 20.6 Å². The standard InChI is InChI=1S/C17H19N5O4/c1-9(2)22-15-12(8-19-22)6-13(7-18-15)17(24)25-11(4)16(23)20-14-5-10(3)26-21-14/h5-9,11H,1-4H3,(H,20,21,23). The first-order valence-electron chi connectivity index (χ1n) is 8.13. The highest BCUT2D eigenvalue weighted by Crippen LogP contribution is 2.17. The third-order valence-corrected chi connectivity index (χ3v) is 3.69. The fraction of sp³-hybridized carbons (Fsp3) is 0.353. The Balaban J connectivity index is 1.68. The van der Waals surface area contributed by atoms with Crippen molar-refractivity contribution in [2.24, 2.45) is 0 Å². The predicted molar refractivity (Wildman–Crippen MR) is 92.7 cm³/mol. The maximum atomic E-state index is 12.3. The molecule has 1 amide bonds. The van der Waals surface area contributed by atoms with Crippen molar-refractivity contribution in [3.8, 4) is 0 Å². The number of hydrogen-bond donors (Lipinski definition) is 1. The van der Waals surface area contributed by atoms with Gasteiger partial charge in [0.2, 0.25) is 0 Å². The summed E-state index contributed by atoms with van der Waals surface area (Å²) in [6, 6.07) is 3.36. The first-order valence-corrected chi connectivity index (χ1v) is 8.13. The van der Waals surface area contributed by atoms with Crippen molar-refractivity contribution in [2.45, 2.75) is 39.8 Å². The maximum Gasteiger partial charge on any atom is 0.340 e. The zero-order chi connectivity index (χ0) is 18.8. The fourth-order valence-electron chi connectivity index (χ4n) is 2.36. The van der Waals surface area contributed by atoms with Crippen LogP contribution in [0, 0.1) is 6.92 Å². The highest BCUT2D eigenvalue weighted by molar-refractivity contribution is 5.97. The lowest BCUT2D eigenvalue weighted by Gasteiger charge is -2.12. The number of anilines is 1. The van der Waals surface area contributed by atoms with E-state index >= 15 is 0 Å². The summed E-state index contributed by atoms with van der Waals surface area (Å²) in [5.74, 6) is -0.324. The highest BCUT2D eigenvalue weighted by Gasteiger charge is 2.21. The lowest BCUT2D eigenvalue weighted by molar-refractivity contribution is -0.123. The van der Waals surface area contributed by atoms with Gasteiger partial charge in [0.25, 0.3) is 5.91 Å². The molecule has 1 unspecified atom stereocenters. The predicted octanol–water partition coefficient (Wildman–Crippen LogP) is 2.49. The van der Waals surface area contributed by atoms with E-state index in [1.807, 2.05) is 13.8 Å². The molecule has 1 N–H and O–H groups in total. The smallest absolute Gasteiger partial charge is 0.340 e. The van der Waals surface area contributed by atoms with Crippen molar-refractivity contribution in [1.29, 1.82) is 0 Å². The zero-order valence-corrected chi connectivity index (χ0v) is 14.9. The first kappa shape index (κ1) is 17.6. The summed E-state index contributed by atoms with van der Waals surface area (Å²) >= 11 is 0. The molecular weight excluding hydrogens is 338 g/mol. The van der Waals surface area contributed by atoms with Gasteiger partial charge in [-0.05, 0) is 33.8 Å². The number of aromatic nitrogens is 4. The number of carbonyl (C=O) groups is 2. The lowest BCUT2D eigenvalue weighted by Crippen LogP contribution is -2.30. The number of rotatable bonds is 5. The minimum Gasteiger partial charge on any atom is -0.449 e. The molecule has 0 bridgehead atoms.